The van der Waals surface area contributed by atoms with Gasteiger partial charge >= 0.3 is 11.9 Å². The van der Waals surface area contributed by atoms with Crippen LogP contribution in [0.5, 0.6) is 11.5 Å². The zero-order valence-corrected chi connectivity index (χ0v) is 19.9. The summed E-state index contributed by atoms with van der Waals surface area (Å²) in [6.07, 6.45) is 2.53. The molecule has 1 fully saturated rings. The first-order valence-electron chi connectivity index (χ1n) is 10.6. The Morgan fingerprint density at radius 2 is 2.00 bits per heavy atom. The molecular weight excluding hydrogens is 466 g/mol. The highest BCUT2D eigenvalue weighted by Gasteiger charge is 2.30. The standard InChI is InChI=1S/C22H27N3O8S/c1-4-33-22(28)14-6-5-9-25(13-14)20-17(21(26)27)10-15(12-23-20)24-34(29,30)19-11-16(31-2)7-8-18(19)32-3/h7-8,10-12,14,24H,4-6,9,13H2,1-3H3,(H,26,27)/t14-/m0/s1. The summed E-state index contributed by atoms with van der Waals surface area (Å²) >= 11 is 0. The predicted molar refractivity (Wildman–Crippen MR) is 123 cm³/mol. The van der Waals surface area contributed by atoms with Crippen LogP contribution in [-0.2, 0) is 19.6 Å². The number of piperidine rings is 1. The van der Waals surface area contributed by atoms with Crippen molar-refractivity contribution in [1.82, 2.24) is 4.98 Å². The van der Waals surface area contributed by atoms with Crippen LogP contribution in [0.25, 0.3) is 0 Å². The van der Waals surface area contributed by atoms with Gasteiger partial charge < -0.3 is 24.2 Å². The molecule has 2 N–H and O–H groups in total. The maximum absolute atomic E-state index is 13.0. The molecule has 1 saturated heterocycles. The molecule has 0 spiro atoms. The molecule has 2 heterocycles. The lowest BCUT2D eigenvalue weighted by atomic mass is 9.98. The van der Waals surface area contributed by atoms with Gasteiger partial charge in [-0.05, 0) is 38.0 Å². The maximum Gasteiger partial charge on any atom is 0.339 e. The molecule has 2 aromatic rings. The first-order valence-corrected chi connectivity index (χ1v) is 12.1. The van der Waals surface area contributed by atoms with E-state index >= 15 is 0 Å². The van der Waals surface area contributed by atoms with E-state index in [0.29, 0.717) is 25.1 Å². The highest BCUT2D eigenvalue weighted by Crippen LogP contribution is 2.31. The van der Waals surface area contributed by atoms with E-state index in [1.807, 2.05) is 0 Å². The molecule has 0 unspecified atom stereocenters. The number of carbonyl (C=O) groups excluding carboxylic acids is 1. The predicted octanol–water partition coefficient (Wildman–Crippen LogP) is 2.38. The van der Waals surface area contributed by atoms with Crippen molar-refractivity contribution in [2.75, 3.05) is 43.5 Å². The number of nitrogens with zero attached hydrogens (tertiary/aromatic N) is 2. The molecule has 12 heteroatoms. The van der Waals surface area contributed by atoms with Crippen LogP contribution in [0.4, 0.5) is 11.5 Å². The van der Waals surface area contributed by atoms with Crippen LogP contribution in [0.15, 0.2) is 35.4 Å². The van der Waals surface area contributed by atoms with E-state index in [1.165, 1.54) is 38.6 Å². The zero-order chi connectivity index (χ0) is 24.9. The summed E-state index contributed by atoms with van der Waals surface area (Å²) < 4.78 is 43.7. The number of carboxylic acids is 1. The Morgan fingerprint density at radius 3 is 2.65 bits per heavy atom. The fourth-order valence-electron chi connectivity index (χ4n) is 3.75. The number of sulfonamides is 1. The second-order valence-electron chi connectivity index (χ2n) is 7.56. The fourth-order valence-corrected chi connectivity index (χ4v) is 4.97. The number of aromatic nitrogens is 1. The van der Waals surface area contributed by atoms with Gasteiger partial charge in [0.2, 0.25) is 0 Å². The summed E-state index contributed by atoms with van der Waals surface area (Å²) in [4.78, 5) is 29.9. The average Bonchev–Trinajstić information content (AvgIpc) is 2.83. The van der Waals surface area contributed by atoms with Gasteiger partial charge in [0, 0.05) is 19.2 Å². The number of ether oxygens (including phenoxy) is 3. The van der Waals surface area contributed by atoms with Crippen molar-refractivity contribution < 1.29 is 37.3 Å². The normalized spacial score (nSPS) is 16.0. The largest absolute Gasteiger partial charge is 0.497 e. The lowest BCUT2D eigenvalue weighted by molar-refractivity contribution is -0.148. The first kappa shape index (κ1) is 25.1. The minimum absolute atomic E-state index is 0.0371. The zero-order valence-electron chi connectivity index (χ0n) is 19.1. The van der Waals surface area contributed by atoms with Crippen LogP contribution >= 0.6 is 0 Å². The Balaban J connectivity index is 1.90. The molecule has 0 radical (unpaired) electrons. The Labute approximate surface area is 197 Å². The fraction of sp³-hybridized carbons (Fsp3) is 0.409. The number of anilines is 2. The molecule has 11 nitrogen and oxygen atoms in total. The van der Waals surface area contributed by atoms with Crippen molar-refractivity contribution in [3.05, 3.63) is 36.0 Å². The van der Waals surface area contributed by atoms with Gasteiger partial charge in [-0.25, -0.2) is 18.2 Å². The molecule has 0 aliphatic carbocycles. The van der Waals surface area contributed by atoms with Gasteiger partial charge in [-0.15, -0.1) is 0 Å². The van der Waals surface area contributed by atoms with Crippen molar-refractivity contribution >= 4 is 33.5 Å². The summed E-state index contributed by atoms with van der Waals surface area (Å²) in [5, 5.41) is 9.77. The molecule has 1 aromatic heterocycles. The average molecular weight is 494 g/mol. The van der Waals surface area contributed by atoms with Crippen molar-refractivity contribution in [3.63, 3.8) is 0 Å². The van der Waals surface area contributed by atoms with Crippen molar-refractivity contribution in [2.45, 2.75) is 24.7 Å². The summed E-state index contributed by atoms with van der Waals surface area (Å²) in [5.74, 6) is -1.45. The number of benzene rings is 1. The van der Waals surface area contributed by atoms with Gasteiger partial charge in [-0.3, -0.25) is 9.52 Å². The third-order valence-corrected chi connectivity index (χ3v) is 6.75. The van der Waals surface area contributed by atoms with Gasteiger partial charge in [0.15, 0.2) is 0 Å². The molecule has 1 aliphatic heterocycles. The van der Waals surface area contributed by atoms with Crippen LogP contribution in [-0.4, -0.2) is 64.4 Å². The van der Waals surface area contributed by atoms with Gasteiger partial charge in [0.05, 0.1) is 38.6 Å². The summed E-state index contributed by atoms with van der Waals surface area (Å²) in [6.45, 7) is 2.76. The van der Waals surface area contributed by atoms with Gasteiger partial charge in [-0.1, -0.05) is 0 Å². The molecule has 0 bridgehead atoms. The van der Waals surface area contributed by atoms with Crippen LogP contribution in [0, 0.1) is 5.92 Å². The number of esters is 1. The second kappa shape index (κ2) is 10.6. The van der Waals surface area contributed by atoms with Crippen molar-refractivity contribution in [2.24, 2.45) is 5.92 Å². The molecule has 3 rings (SSSR count). The molecule has 1 aliphatic rings. The molecule has 1 aromatic carbocycles. The lowest BCUT2D eigenvalue weighted by Gasteiger charge is -2.33. The number of hydrogen-bond acceptors (Lipinski definition) is 9. The molecule has 1 atom stereocenters. The molecular formula is C22H27N3O8S. The number of rotatable bonds is 9. The third kappa shape index (κ3) is 5.50. The third-order valence-electron chi connectivity index (χ3n) is 5.35. The minimum Gasteiger partial charge on any atom is -0.497 e. The van der Waals surface area contributed by atoms with Gasteiger partial charge in [0.25, 0.3) is 10.0 Å². The summed E-state index contributed by atoms with van der Waals surface area (Å²) in [5.41, 5.74) is -0.229. The summed E-state index contributed by atoms with van der Waals surface area (Å²) in [6, 6.07) is 5.50. The minimum atomic E-state index is -4.16. The Bertz CT molecular complexity index is 1170. The highest BCUT2D eigenvalue weighted by atomic mass is 32.2. The van der Waals surface area contributed by atoms with E-state index in [-0.39, 0.29) is 46.8 Å². The van der Waals surface area contributed by atoms with Crippen molar-refractivity contribution in [1.29, 1.82) is 0 Å². The smallest absolute Gasteiger partial charge is 0.339 e. The highest BCUT2D eigenvalue weighted by molar-refractivity contribution is 7.92. The molecule has 0 amide bonds. The van der Waals surface area contributed by atoms with E-state index in [1.54, 1.807) is 17.9 Å². The van der Waals surface area contributed by atoms with E-state index in [0.717, 1.165) is 0 Å². The number of pyridine rings is 1. The number of methoxy groups -OCH3 is 2. The Kier molecular flexibility index (Phi) is 7.82. The molecule has 34 heavy (non-hydrogen) atoms. The monoisotopic (exact) mass is 493 g/mol. The first-order chi connectivity index (χ1) is 16.2. The van der Waals surface area contributed by atoms with E-state index in [2.05, 4.69) is 9.71 Å². The number of aromatic carboxylic acids is 1. The van der Waals surface area contributed by atoms with E-state index in [4.69, 9.17) is 14.2 Å². The number of hydrogen-bond donors (Lipinski definition) is 2. The van der Waals surface area contributed by atoms with Crippen molar-refractivity contribution in [3.8, 4) is 11.5 Å². The van der Waals surface area contributed by atoms with Gasteiger partial charge in [0.1, 0.15) is 27.8 Å². The van der Waals surface area contributed by atoms with Crippen LogP contribution in [0.2, 0.25) is 0 Å². The quantitative estimate of drug-likeness (QED) is 0.500. The Morgan fingerprint density at radius 1 is 1.24 bits per heavy atom. The molecule has 0 saturated carbocycles. The van der Waals surface area contributed by atoms with Crippen LogP contribution < -0.4 is 19.1 Å². The summed E-state index contributed by atoms with van der Waals surface area (Å²) in [7, 11) is -1.42. The second-order valence-corrected chi connectivity index (χ2v) is 9.21. The number of nitrogens with one attached hydrogen (secondary N) is 1. The topological polar surface area (TPSA) is 144 Å². The van der Waals surface area contributed by atoms with E-state index in [9.17, 15) is 23.1 Å². The Hall–Kier alpha value is -3.54. The van der Waals surface area contributed by atoms with Crippen LogP contribution in [0.3, 0.4) is 0 Å². The molecule has 184 valence electrons. The van der Waals surface area contributed by atoms with Gasteiger partial charge in [-0.2, -0.15) is 0 Å². The van der Waals surface area contributed by atoms with E-state index < -0.39 is 21.9 Å². The SMILES string of the molecule is CCOC(=O)[C@H]1CCCN(c2ncc(NS(=O)(=O)c3cc(OC)ccc3OC)cc2C(=O)O)C1. The number of carbonyl (C=O) groups is 2. The van der Waals surface area contributed by atoms with Crippen LogP contribution in [0.1, 0.15) is 30.1 Å². The lowest BCUT2D eigenvalue weighted by Crippen LogP contribution is -2.40. The number of carboxylic acid groups (broad SMARTS) is 1. The maximum atomic E-state index is 13.0.